The first kappa shape index (κ1) is 15.1. The minimum absolute atomic E-state index is 0.0334. The fourth-order valence-corrected chi connectivity index (χ4v) is 3.02. The van der Waals surface area contributed by atoms with Gasteiger partial charge in [-0.1, -0.05) is 11.6 Å². The Labute approximate surface area is 143 Å². The van der Waals surface area contributed by atoms with Crippen LogP contribution in [0.25, 0.3) is 11.0 Å². The zero-order valence-electron chi connectivity index (χ0n) is 12.8. The molecule has 3 aromatic rings. The number of halogens is 1. The number of amides is 1. The summed E-state index contributed by atoms with van der Waals surface area (Å²) in [5.41, 5.74) is 2.76. The zero-order chi connectivity index (χ0) is 16.5. The number of anilines is 1. The van der Waals surface area contributed by atoms with E-state index in [4.69, 9.17) is 16.3 Å². The SMILES string of the molecule is O=C(Nc1ccc2nc([C@H]3CCCO3)[nH]c2c1)c1ccncc1Cl. The van der Waals surface area contributed by atoms with Crippen LogP contribution in [0.2, 0.25) is 5.02 Å². The molecule has 1 aliphatic heterocycles. The predicted octanol–water partition coefficient (Wildman–Crippen LogP) is 3.72. The van der Waals surface area contributed by atoms with Gasteiger partial charge in [0.05, 0.1) is 21.6 Å². The molecule has 4 rings (SSSR count). The van der Waals surface area contributed by atoms with Gasteiger partial charge in [-0.25, -0.2) is 4.98 Å². The van der Waals surface area contributed by atoms with Crippen molar-refractivity contribution in [3.63, 3.8) is 0 Å². The average molecular weight is 343 g/mol. The van der Waals surface area contributed by atoms with E-state index in [2.05, 4.69) is 20.3 Å². The number of H-pyrrole nitrogens is 1. The molecule has 0 bridgehead atoms. The number of hydrogen-bond acceptors (Lipinski definition) is 4. The Hall–Kier alpha value is -2.44. The first-order chi connectivity index (χ1) is 11.7. The van der Waals surface area contributed by atoms with Gasteiger partial charge in [-0.3, -0.25) is 9.78 Å². The second-order valence-corrected chi connectivity index (χ2v) is 6.07. The molecule has 0 spiro atoms. The molecule has 1 amide bonds. The molecule has 6 nitrogen and oxygen atoms in total. The molecule has 2 N–H and O–H groups in total. The number of fused-ring (bicyclic) bond motifs is 1. The van der Waals surface area contributed by atoms with Crippen molar-refractivity contribution >= 4 is 34.2 Å². The van der Waals surface area contributed by atoms with Crippen molar-refractivity contribution in [3.05, 3.63) is 53.1 Å². The molecule has 2 aromatic heterocycles. The van der Waals surface area contributed by atoms with Crippen molar-refractivity contribution in [1.82, 2.24) is 15.0 Å². The molecule has 0 radical (unpaired) electrons. The van der Waals surface area contributed by atoms with Crippen molar-refractivity contribution in [2.24, 2.45) is 0 Å². The molecule has 1 atom stereocenters. The van der Waals surface area contributed by atoms with E-state index in [-0.39, 0.29) is 12.0 Å². The minimum Gasteiger partial charge on any atom is -0.370 e. The highest BCUT2D eigenvalue weighted by molar-refractivity contribution is 6.34. The number of aromatic amines is 1. The van der Waals surface area contributed by atoms with E-state index >= 15 is 0 Å². The highest BCUT2D eigenvalue weighted by Crippen LogP contribution is 2.28. The van der Waals surface area contributed by atoms with Crippen LogP contribution in [0.3, 0.4) is 0 Å². The third kappa shape index (κ3) is 2.86. The Bertz CT molecular complexity index is 902. The van der Waals surface area contributed by atoms with Gasteiger partial charge >= 0.3 is 0 Å². The van der Waals surface area contributed by atoms with Gasteiger partial charge in [0.1, 0.15) is 11.9 Å². The summed E-state index contributed by atoms with van der Waals surface area (Å²) < 4.78 is 5.65. The quantitative estimate of drug-likeness (QED) is 0.760. The number of hydrogen-bond donors (Lipinski definition) is 2. The fourth-order valence-electron chi connectivity index (χ4n) is 2.81. The van der Waals surface area contributed by atoms with E-state index in [1.54, 1.807) is 6.07 Å². The lowest BCUT2D eigenvalue weighted by molar-refractivity contribution is 0.102. The molecule has 0 saturated carbocycles. The molecular formula is C17H15ClN4O2. The van der Waals surface area contributed by atoms with Gasteiger partial charge in [0.2, 0.25) is 0 Å². The van der Waals surface area contributed by atoms with E-state index in [1.165, 1.54) is 12.4 Å². The molecular weight excluding hydrogens is 328 g/mol. The number of rotatable bonds is 3. The monoisotopic (exact) mass is 342 g/mol. The van der Waals surface area contributed by atoms with E-state index < -0.39 is 0 Å². The predicted molar refractivity (Wildman–Crippen MR) is 91.2 cm³/mol. The van der Waals surface area contributed by atoms with Crippen LogP contribution in [0.15, 0.2) is 36.7 Å². The van der Waals surface area contributed by atoms with Gasteiger partial charge in [0.15, 0.2) is 0 Å². The second kappa shape index (κ2) is 6.22. The third-order valence-electron chi connectivity index (χ3n) is 4.01. The molecule has 7 heteroatoms. The second-order valence-electron chi connectivity index (χ2n) is 5.67. The van der Waals surface area contributed by atoms with Gasteiger partial charge in [-0.15, -0.1) is 0 Å². The highest BCUT2D eigenvalue weighted by Gasteiger charge is 2.21. The normalized spacial score (nSPS) is 17.3. The van der Waals surface area contributed by atoms with Crippen LogP contribution in [-0.2, 0) is 4.74 Å². The first-order valence-corrected chi connectivity index (χ1v) is 8.10. The minimum atomic E-state index is -0.277. The smallest absolute Gasteiger partial charge is 0.257 e. The van der Waals surface area contributed by atoms with Crippen molar-refractivity contribution < 1.29 is 9.53 Å². The summed E-state index contributed by atoms with van der Waals surface area (Å²) in [5.74, 6) is 0.559. The Kier molecular flexibility index (Phi) is 3.92. The van der Waals surface area contributed by atoms with Gasteiger partial charge in [0, 0.05) is 24.7 Å². The molecule has 0 aliphatic carbocycles. The maximum absolute atomic E-state index is 12.3. The van der Waals surface area contributed by atoms with E-state index in [0.29, 0.717) is 16.3 Å². The first-order valence-electron chi connectivity index (χ1n) is 7.73. The van der Waals surface area contributed by atoms with E-state index in [0.717, 1.165) is 36.3 Å². The number of ether oxygens (including phenoxy) is 1. The highest BCUT2D eigenvalue weighted by atomic mass is 35.5. The van der Waals surface area contributed by atoms with Crippen LogP contribution < -0.4 is 5.32 Å². The molecule has 3 heterocycles. The van der Waals surface area contributed by atoms with E-state index in [9.17, 15) is 4.79 Å². The number of pyridine rings is 1. The number of nitrogens with zero attached hydrogens (tertiary/aromatic N) is 2. The Morgan fingerprint density at radius 1 is 1.38 bits per heavy atom. The molecule has 1 aromatic carbocycles. The number of nitrogens with one attached hydrogen (secondary N) is 2. The maximum Gasteiger partial charge on any atom is 0.257 e. The average Bonchev–Trinajstić information content (AvgIpc) is 3.24. The van der Waals surface area contributed by atoms with Crippen LogP contribution in [-0.4, -0.2) is 27.5 Å². The lowest BCUT2D eigenvalue weighted by Gasteiger charge is -2.06. The number of carbonyl (C=O) groups is 1. The van der Waals surface area contributed by atoms with Crippen LogP contribution >= 0.6 is 11.6 Å². The molecule has 1 saturated heterocycles. The number of carbonyl (C=O) groups excluding carboxylic acids is 1. The third-order valence-corrected chi connectivity index (χ3v) is 4.31. The number of benzene rings is 1. The van der Waals surface area contributed by atoms with Crippen molar-refractivity contribution in [2.75, 3.05) is 11.9 Å². The van der Waals surface area contributed by atoms with E-state index in [1.807, 2.05) is 18.2 Å². The summed E-state index contributed by atoms with van der Waals surface area (Å²) in [7, 11) is 0. The lowest BCUT2D eigenvalue weighted by atomic mass is 10.2. The molecule has 1 aliphatic rings. The van der Waals surface area contributed by atoms with Gasteiger partial charge < -0.3 is 15.0 Å². The van der Waals surface area contributed by atoms with Gasteiger partial charge in [-0.05, 0) is 37.1 Å². The summed E-state index contributed by atoms with van der Waals surface area (Å²) >= 11 is 6.00. The van der Waals surface area contributed by atoms with Crippen molar-refractivity contribution in [3.8, 4) is 0 Å². The summed E-state index contributed by atoms with van der Waals surface area (Å²) in [6.45, 7) is 0.774. The molecule has 24 heavy (non-hydrogen) atoms. The van der Waals surface area contributed by atoms with Crippen LogP contribution in [0, 0.1) is 0 Å². The molecule has 0 unspecified atom stereocenters. The van der Waals surface area contributed by atoms with Crippen LogP contribution in [0.5, 0.6) is 0 Å². The Balaban J connectivity index is 1.58. The number of aromatic nitrogens is 3. The summed E-state index contributed by atoms with van der Waals surface area (Å²) in [6, 6.07) is 7.12. The van der Waals surface area contributed by atoms with Gasteiger partial charge in [0.25, 0.3) is 5.91 Å². The number of imidazole rings is 1. The Morgan fingerprint density at radius 2 is 2.29 bits per heavy atom. The van der Waals surface area contributed by atoms with Crippen LogP contribution in [0.1, 0.15) is 35.1 Å². The summed E-state index contributed by atoms with van der Waals surface area (Å²) in [5, 5.41) is 3.16. The largest absolute Gasteiger partial charge is 0.370 e. The molecule has 1 fully saturated rings. The van der Waals surface area contributed by atoms with Crippen molar-refractivity contribution in [2.45, 2.75) is 18.9 Å². The standard InChI is InChI=1S/C17H15ClN4O2/c18-12-9-19-6-5-11(12)17(23)20-10-3-4-13-14(8-10)22-16(21-13)15-2-1-7-24-15/h3-6,8-9,15H,1-2,7H2,(H,20,23)(H,21,22)/t15-/m1/s1. The maximum atomic E-state index is 12.3. The summed E-state index contributed by atoms with van der Waals surface area (Å²) in [4.78, 5) is 24.0. The van der Waals surface area contributed by atoms with Crippen molar-refractivity contribution in [1.29, 1.82) is 0 Å². The lowest BCUT2D eigenvalue weighted by Crippen LogP contribution is -2.12. The zero-order valence-corrected chi connectivity index (χ0v) is 13.5. The fraction of sp³-hybridized carbons (Fsp3) is 0.235. The topological polar surface area (TPSA) is 79.9 Å². The Morgan fingerprint density at radius 3 is 3.08 bits per heavy atom. The van der Waals surface area contributed by atoms with Gasteiger partial charge in [-0.2, -0.15) is 0 Å². The van der Waals surface area contributed by atoms with Crippen LogP contribution in [0.4, 0.5) is 5.69 Å². The molecule has 122 valence electrons. The summed E-state index contributed by atoms with van der Waals surface area (Å²) in [6.07, 6.45) is 5.04.